The van der Waals surface area contributed by atoms with Crippen LogP contribution in [0.2, 0.25) is 0 Å². The number of hydrogen-bond donors (Lipinski definition) is 1. The second kappa shape index (κ2) is 7.10. The number of nitrogens with zero attached hydrogens (tertiary/aromatic N) is 3. The predicted molar refractivity (Wildman–Crippen MR) is 61.1 cm³/mol. The first-order valence-electron chi connectivity index (χ1n) is 4.76. The number of aromatic nitrogens is 2. The first-order chi connectivity index (χ1) is 7.86. The van der Waals surface area contributed by atoms with Gasteiger partial charge in [-0.05, 0) is 23.8 Å². The molecule has 0 spiro atoms. The average molecular weight is 212 g/mol. The van der Waals surface area contributed by atoms with Crippen LogP contribution in [-0.4, -0.2) is 9.97 Å². The lowest BCUT2D eigenvalue weighted by Crippen LogP contribution is -1.95. The third-order valence-electron chi connectivity index (χ3n) is 1.75. The third kappa shape index (κ3) is 4.31. The molecule has 0 aliphatic rings. The zero-order valence-electron chi connectivity index (χ0n) is 8.74. The summed E-state index contributed by atoms with van der Waals surface area (Å²) in [5.74, 6) is 0. The highest BCUT2D eigenvalue weighted by Crippen LogP contribution is 1.90. The Morgan fingerprint density at radius 2 is 1.81 bits per heavy atom. The molecule has 0 bridgehead atoms. The van der Waals surface area contributed by atoms with E-state index >= 15 is 0 Å². The molecule has 80 valence electrons. The number of rotatable bonds is 1. The second-order valence-electron chi connectivity index (χ2n) is 2.92. The second-order valence-corrected chi connectivity index (χ2v) is 2.92. The molecule has 2 aromatic rings. The number of hydrogen-bond acceptors (Lipinski definition) is 4. The molecule has 2 N–H and O–H groups in total. The lowest BCUT2D eigenvalue weighted by molar-refractivity contribution is 1.05. The Labute approximate surface area is 94.4 Å². The van der Waals surface area contributed by atoms with E-state index in [0.717, 1.165) is 5.56 Å². The van der Waals surface area contributed by atoms with E-state index in [9.17, 15) is 0 Å². The van der Waals surface area contributed by atoms with Crippen LogP contribution in [0.25, 0.3) is 0 Å². The summed E-state index contributed by atoms with van der Waals surface area (Å²) in [6.45, 7) is 0.577. The van der Waals surface area contributed by atoms with Gasteiger partial charge in [0, 0.05) is 31.3 Å². The van der Waals surface area contributed by atoms with Crippen LogP contribution in [0.3, 0.4) is 0 Å². The Morgan fingerprint density at radius 3 is 2.12 bits per heavy atom. The van der Waals surface area contributed by atoms with Crippen LogP contribution in [-0.2, 0) is 6.54 Å². The fourth-order valence-electron chi connectivity index (χ4n) is 0.948. The molecule has 0 radical (unpaired) electrons. The lowest BCUT2D eigenvalue weighted by atomic mass is 10.3. The van der Waals surface area contributed by atoms with Crippen molar-refractivity contribution in [3.8, 4) is 6.07 Å². The molecule has 4 heteroatoms. The highest BCUT2D eigenvalue weighted by molar-refractivity contribution is 5.23. The molecule has 2 heterocycles. The van der Waals surface area contributed by atoms with Gasteiger partial charge < -0.3 is 5.73 Å². The van der Waals surface area contributed by atoms with Crippen molar-refractivity contribution in [1.29, 1.82) is 5.26 Å². The van der Waals surface area contributed by atoms with Gasteiger partial charge >= 0.3 is 0 Å². The van der Waals surface area contributed by atoms with Crippen molar-refractivity contribution < 1.29 is 0 Å². The molecule has 0 saturated heterocycles. The Balaban J connectivity index is 0.000000160. The van der Waals surface area contributed by atoms with E-state index in [1.807, 2.05) is 18.2 Å². The molecule has 0 fully saturated rings. The Kier molecular flexibility index (Phi) is 5.24. The van der Waals surface area contributed by atoms with Crippen molar-refractivity contribution in [3.63, 3.8) is 0 Å². The summed E-state index contributed by atoms with van der Waals surface area (Å²) >= 11 is 0. The standard InChI is InChI=1S/C6H8N2.C6H4N2/c2*7-4-6-2-1-3-8-5-6/h1-3,5H,4,7H2;1-3,5H. The molecular formula is C12H12N4. The van der Waals surface area contributed by atoms with Gasteiger partial charge in [0.1, 0.15) is 6.07 Å². The van der Waals surface area contributed by atoms with Gasteiger partial charge in [-0.3, -0.25) is 9.97 Å². The molecule has 2 aromatic heterocycles. The highest BCUT2D eigenvalue weighted by atomic mass is 14.6. The largest absolute Gasteiger partial charge is 0.326 e. The molecule has 0 amide bonds. The molecule has 0 unspecified atom stereocenters. The van der Waals surface area contributed by atoms with Crippen molar-refractivity contribution >= 4 is 0 Å². The van der Waals surface area contributed by atoms with Crippen LogP contribution >= 0.6 is 0 Å². The van der Waals surface area contributed by atoms with Gasteiger partial charge in [0.2, 0.25) is 0 Å². The first-order valence-corrected chi connectivity index (χ1v) is 4.76. The van der Waals surface area contributed by atoms with Gasteiger partial charge in [-0.15, -0.1) is 0 Å². The lowest BCUT2D eigenvalue weighted by Gasteiger charge is -1.89. The summed E-state index contributed by atoms with van der Waals surface area (Å²) in [4.78, 5) is 7.61. The van der Waals surface area contributed by atoms with Crippen molar-refractivity contribution in [2.75, 3.05) is 0 Å². The van der Waals surface area contributed by atoms with Gasteiger partial charge in [0.05, 0.1) is 5.56 Å². The third-order valence-corrected chi connectivity index (χ3v) is 1.75. The molecule has 0 atom stereocenters. The zero-order chi connectivity index (χ0) is 11.6. The van der Waals surface area contributed by atoms with E-state index in [1.165, 1.54) is 6.20 Å². The normalized spacial score (nSPS) is 8.50. The van der Waals surface area contributed by atoms with Crippen LogP contribution in [0.4, 0.5) is 0 Å². The molecule has 4 nitrogen and oxygen atoms in total. The smallest absolute Gasteiger partial charge is 0.101 e. The van der Waals surface area contributed by atoms with Crippen LogP contribution in [0.5, 0.6) is 0 Å². The van der Waals surface area contributed by atoms with Crippen LogP contribution < -0.4 is 5.73 Å². The van der Waals surface area contributed by atoms with E-state index in [1.54, 1.807) is 30.7 Å². The Hall–Kier alpha value is -2.25. The van der Waals surface area contributed by atoms with Gasteiger partial charge in [-0.2, -0.15) is 5.26 Å². The van der Waals surface area contributed by atoms with Crippen molar-refractivity contribution in [1.82, 2.24) is 9.97 Å². The Morgan fingerprint density at radius 1 is 1.12 bits per heavy atom. The maximum absolute atomic E-state index is 8.25. The minimum atomic E-state index is 0.577. The first kappa shape index (κ1) is 11.8. The minimum absolute atomic E-state index is 0.577. The summed E-state index contributed by atoms with van der Waals surface area (Å²) < 4.78 is 0. The number of nitriles is 1. The minimum Gasteiger partial charge on any atom is -0.326 e. The topological polar surface area (TPSA) is 75.6 Å². The van der Waals surface area contributed by atoms with Crippen LogP contribution in [0.15, 0.2) is 49.1 Å². The fourth-order valence-corrected chi connectivity index (χ4v) is 0.948. The van der Waals surface area contributed by atoms with E-state index in [0.29, 0.717) is 12.1 Å². The van der Waals surface area contributed by atoms with Crippen molar-refractivity contribution in [3.05, 3.63) is 60.2 Å². The summed E-state index contributed by atoms with van der Waals surface area (Å²) in [5, 5.41) is 8.25. The van der Waals surface area contributed by atoms with Gasteiger partial charge in [0.15, 0.2) is 0 Å². The molecule has 0 aromatic carbocycles. The van der Waals surface area contributed by atoms with E-state index in [-0.39, 0.29) is 0 Å². The molecule has 0 aliphatic heterocycles. The maximum Gasteiger partial charge on any atom is 0.101 e. The molecular weight excluding hydrogens is 200 g/mol. The van der Waals surface area contributed by atoms with Gasteiger partial charge in [0.25, 0.3) is 0 Å². The zero-order valence-corrected chi connectivity index (χ0v) is 8.74. The number of pyridine rings is 2. The Bertz CT molecular complexity index is 434. The van der Waals surface area contributed by atoms with E-state index < -0.39 is 0 Å². The van der Waals surface area contributed by atoms with Gasteiger partial charge in [-0.25, -0.2) is 0 Å². The van der Waals surface area contributed by atoms with E-state index in [2.05, 4.69) is 9.97 Å². The fraction of sp³-hybridized carbons (Fsp3) is 0.0833. The van der Waals surface area contributed by atoms with Crippen LogP contribution in [0.1, 0.15) is 11.1 Å². The van der Waals surface area contributed by atoms with E-state index in [4.69, 9.17) is 11.0 Å². The SMILES string of the molecule is N#Cc1cccnc1.NCc1cccnc1. The molecule has 2 rings (SSSR count). The van der Waals surface area contributed by atoms with Crippen molar-refractivity contribution in [2.24, 2.45) is 5.73 Å². The predicted octanol–water partition coefficient (Wildman–Crippen LogP) is 1.49. The molecule has 16 heavy (non-hydrogen) atoms. The summed E-state index contributed by atoms with van der Waals surface area (Å²) in [5.41, 5.74) is 6.99. The summed E-state index contributed by atoms with van der Waals surface area (Å²) in [6.07, 6.45) is 6.67. The maximum atomic E-state index is 8.25. The number of nitrogens with two attached hydrogens (primary N) is 1. The summed E-state index contributed by atoms with van der Waals surface area (Å²) in [6, 6.07) is 9.24. The molecule has 0 aliphatic carbocycles. The van der Waals surface area contributed by atoms with Gasteiger partial charge in [-0.1, -0.05) is 6.07 Å². The quantitative estimate of drug-likeness (QED) is 0.777. The highest BCUT2D eigenvalue weighted by Gasteiger charge is 1.81. The summed E-state index contributed by atoms with van der Waals surface area (Å²) in [7, 11) is 0. The molecule has 0 saturated carbocycles. The van der Waals surface area contributed by atoms with Crippen molar-refractivity contribution in [2.45, 2.75) is 6.54 Å². The average Bonchev–Trinajstić information content (AvgIpc) is 2.41. The van der Waals surface area contributed by atoms with Crippen LogP contribution in [0, 0.1) is 11.3 Å². The monoisotopic (exact) mass is 212 g/mol.